The van der Waals surface area contributed by atoms with E-state index in [9.17, 15) is 28.8 Å². The summed E-state index contributed by atoms with van der Waals surface area (Å²) in [6.07, 6.45) is -0.627. The zero-order valence-electron chi connectivity index (χ0n) is 23.8. The van der Waals surface area contributed by atoms with Gasteiger partial charge in [0.05, 0.1) is 31.4 Å². The van der Waals surface area contributed by atoms with E-state index in [-0.39, 0.29) is 30.4 Å². The van der Waals surface area contributed by atoms with Crippen molar-refractivity contribution in [3.63, 3.8) is 0 Å². The molecule has 1 aliphatic rings. The van der Waals surface area contributed by atoms with Gasteiger partial charge in [-0.25, -0.2) is 19.5 Å². The molecule has 1 saturated heterocycles. The lowest BCUT2D eigenvalue weighted by Crippen LogP contribution is -2.74. The molecule has 43 heavy (non-hydrogen) atoms. The van der Waals surface area contributed by atoms with Gasteiger partial charge in [-0.05, 0) is 50.6 Å². The molecule has 0 aromatic heterocycles. The van der Waals surface area contributed by atoms with Gasteiger partial charge in [0, 0.05) is 5.69 Å². The van der Waals surface area contributed by atoms with Gasteiger partial charge in [0.15, 0.2) is 11.7 Å². The fourth-order valence-electron chi connectivity index (χ4n) is 4.58. The number of hydrogen-bond donors (Lipinski definition) is 4. The summed E-state index contributed by atoms with van der Waals surface area (Å²) in [5, 5.41) is 2.46. The molecule has 228 valence electrons. The van der Waals surface area contributed by atoms with E-state index in [2.05, 4.69) is 10.3 Å². The molecule has 3 rings (SSSR count). The van der Waals surface area contributed by atoms with Crippen molar-refractivity contribution < 1.29 is 38.2 Å². The van der Waals surface area contributed by atoms with Gasteiger partial charge in [-0.2, -0.15) is 0 Å². The molecule has 7 N–H and O–H groups in total. The number of benzene rings is 2. The van der Waals surface area contributed by atoms with Gasteiger partial charge in [0.1, 0.15) is 6.04 Å². The van der Waals surface area contributed by atoms with E-state index in [0.29, 0.717) is 15.5 Å². The van der Waals surface area contributed by atoms with Crippen LogP contribution in [0.15, 0.2) is 59.6 Å². The molecule has 1 aliphatic heterocycles. The first-order valence-corrected chi connectivity index (χ1v) is 13.2. The number of imide groups is 1. The Labute approximate surface area is 247 Å². The molecule has 0 radical (unpaired) electrons. The van der Waals surface area contributed by atoms with Crippen LogP contribution in [0.5, 0.6) is 0 Å². The highest BCUT2D eigenvalue weighted by Gasteiger charge is 2.65. The Hall–Kier alpha value is -5.31. The Morgan fingerprint density at radius 1 is 1.00 bits per heavy atom. The van der Waals surface area contributed by atoms with Crippen LogP contribution in [0, 0.1) is 0 Å². The highest BCUT2D eigenvalue weighted by atomic mass is 16.5. The van der Waals surface area contributed by atoms with E-state index in [1.54, 1.807) is 13.0 Å². The molecule has 0 bridgehead atoms. The number of Topliss-reactive ketones (excluding diaryl/α,β-unsaturated/α-hetero) is 1. The van der Waals surface area contributed by atoms with Gasteiger partial charge in [-0.15, -0.1) is 0 Å². The first kappa shape index (κ1) is 32.2. The highest BCUT2D eigenvalue weighted by Crippen LogP contribution is 2.36. The smallest absolute Gasteiger partial charge is 0.362 e. The number of ether oxygens (including phenoxy) is 2. The third kappa shape index (κ3) is 6.46. The average molecular weight is 596 g/mol. The molecule has 0 saturated carbocycles. The van der Waals surface area contributed by atoms with Gasteiger partial charge in [-0.3, -0.25) is 24.1 Å². The summed E-state index contributed by atoms with van der Waals surface area (Å²) in [6, 6.07) is 9.01. The van der Waals surface area contributed by atoms with Crippen LogP contribution in [-0.2, 0) is 33.4 Å². The average Bonchev–Trinajstić information content (AvgIpc) is 3.25. The number of ketones is 1. The summed E-state index contributed by atoms with van der Waals surface area (Å²) in [5.74, 6) is -5.70. The van der Waals surface area contributed by atoms with E-state index in [4.69, 9.17) is 26.7 Å². The second kappa shape index (κ2) is 13.6. The Morgan fingerprint density at radius 2 is 1.60 bits per heavy atom. The standard InChI is InChI=1S/C28H33N7O8/c1-4-42-21(37)15-20(29)23(38)34(19-9-7-6-8-10-19)28(16(3)36,25(40)43-5-2)35-24(39)22(33-27(35)41)17-11-13-18(14-12-17)32-26(30)31/h6-14,20,22H,4-5,15,29H2,1-3H3,(H,33,41)(H4,30,31,32)/t20-,22?,28+/m0/s1. The topological polar surface area (TPSA) is 230 Å². The number of urea groups is 1. The van der Waals surface area contributed by atoms with Crippen LogP contribution in [-0.4, -0.2) is 71.3 Å². The first-order valence-electron chi connectivity index (χ1n) is 13.2. The van der Waals surface area contributed by atoms with Crippen LogP contribution in [0.3, 0.4) is 0 Å². The van der Waals surface area contributed by atoms with Crippen molar-refractivity contribution in [3.05, 3.63) is 60.2 Å². The van der Waals surface area contributed by atoms with Crippen molar-refractivity contribution in [2.45, 2.75) is 44.9 Å². The van der Waals surface area contributed by atoms with E-state index >= 15 is 0 Å². The SMILES string of the molecule is CCOC(=O)C[C@H](N)C(=O)N(c1ccccc1)[C@@](C(C)=O)(C(=O)OCC)N1C(=O)NC(c2ccc(N=C(N)N)cc2)C1=O. The number of nitrogens with zero attached hydrogens (tertiary/aromatic N) is 3. The van der Waals surface area contributed by atoms with E-state index in [0.717, 1.165) is 6.92 Å². The lowest BCUT2D eigenvalue weighted by molar-refractivity contribution is -0.165. The van der Waals surface area contributed by atoms with E-state index in [1.165, 1.54) is 55.5 Å². The number of rotatable bonds is 12. The lowest BCUT2D eigenvalue weighted by Gasteiger charge is -2.44. The van der Waals surface area contributed by atoms with Crippen LogP contribution >= 0.6 is 0 Å². The van der Waals surface area contributed by atoms with Gasteiger partial charge >= 0.3 is 18.0 Å². The number of amides is 4. The second-order valence-electron chi connectivity index (χ2n) is 9.26. The molecule has 2 aromatic carbocycles. The van der Waals surface area contributed by atoms with Crippen LogP contribution in [0.4, 0.5) is 16.2 Å². The van der Waals surface area contributed by atoms with Crippen molar-refractivity contribution in [3.8, 4) is 0 Å². The molecule has 0 aliphatic carbocycles. The van der Waals surface area contributed by atoms with Gasteiger partial charge in [0.25, 0.3) is 11.6 Å². The number of hydrogen-bond acceptors (Lipinski definition) is 10. The number of carbonyl (C=O) groups excluding carboxylic acids is 6. The Kier molecular flexibility index (Phi) is 10.2. The normalized spacial score (nSPS) is 16.4. The zero-order chi connectivity index (χ0) is 31.9. The molecule has 4 amide bonds. The number of aliphatic imine (C=N–C) groups is 1. The number of anilines is 1. The Balaban J connectivity index is 2.23. The number of nitrogens with two attached hydrogens (primary N) is 3. The van der Waals surface area contributed by atoms with E-state index in [1.807, 2.05) is 0 Å². The molecular weight excluding hydrogens is 562 g/mol. The molecule has 1 fully saturated rings. The van der Waals surface area contributed by atoms with Crippen LogP contribution in [0.1, 0.15) is 38.8 Å². The number of esters is 2. The Bertz CT molecular complexity index is 1430. The first-order chi connectivity index (χ1) is 20.4. The molecule has 2 aromatic rings. The highest BCUT2D eigenvalue weighted by molar-refractivity contribution is 6.23. The van der Waals surface area contributed by atoms with Crippen molar-refractivity contribution >= 4 is 52.9 Å². The van der Waals surface area contributed by atoms with Crippen molar-refractivity contribution in [1.82, 2.24) is 10.2 Å². The van der Waals surface area contributed by atoms with Gasteiger partial charge < -0.3 is 32.0 Å². The van der Waals surface area contributed by atoms with Crippen LogP contribution in [0.2, 0.25) is 0 Å². The molecule has 15 nitrogen and oxygen atoms in total. The summed E-state index contributed by atoms with van der Waals surface area (Å²) in [6.45, 7) is 3.66. The third-order valence-electron chi connectivity index (χ3n) is 6.36. The van der Waals surface area contributed by atoms with Gasteiger partial charge in [0.2, 0.25) is 5.91 Å². The summed E-state index contributed by atoms with van der Waals surface area (Å²) < 4.78 is 10.1. The van der Waals surface area contributed by atoms with E-state index < -0.39 is 59.7 Å². The van der Waals surface area contributed by atoms with Crippen molar-refractivity contribution in [2.24, 2.45) is 22.2 Å². The fourth-order valence-corrected chi connectivity index (χ4v) is 4.58. The Morgan fingerprint density at radius 3 is 2.14 bits per heavy atom. The minimum atomic E-state index is -2.99. The predicted molar refractivity (Wildman–Crippen MR) is 153 cm³/mol. The maximum Gasteiger partial charge on any atom is 0.362 e. The molecule has 3 atom stereocenters. The molecule has 1 heterocycles. The molecule has 0 spiro atoms. The number of guanidine groups is 1. The predicted octanol–water partition coefficient (Wildman–Crippen LogP) is 0.347. The minimum absolute atomic E-state index is 0.0130. The van der Waals surface area contributed by atoms with Gasteiger partial charge in [-0.1, -0.05) is 30.3 Å². The number of nitrogens with one attached hydrogen (secondary N) is 1. The summed E-state index contributed by atoms with van der Waals surface area (Å²) in [4.78, 5) is 86.2. The lowest BCUT2D eigenvalue weighted by atomic mass is 9.96. The maximum absolute atomic E-state index is 14.0. The fraction of sp³-hybridized carbons (Fsp3) is 0.321. The van der Waals surface area contributed by atoms with Crippen molar-refractivity contribution in [1.29, 1.82) is 0 Å². The molecule has 1 unspecified atom stereocenters. The summed E-state index contributed by atoms with van der Waals surface area (Å²) >= 11 is 0. The minimum Gasteiger partial charge on any atom is -0.466 e. The van der Waals surface area contributed by atoms with Crippen LogP contribution in [0.25, 0.3) is 0 Å². The van der Waals surface area contributed by atoms with Crippen LogP contribution < -0.4 is 27.4 Å². The molecule has 15 heteroatoms. The third-order valence-corrected chi connectivity index (χ3v) is 6.36. The maximum atomic E-state index is 14.0. The number of carbonyl (C=O) groups is 6. The largest absolute Gasteiger partial charge is 0.466 e. The quantitative estimate of drug-likeness (QED) is 0.0859. The zero-order valence-corrected chi connectivity index (χ0v) is 23.8. The molecular formula is C28H33N7O8. The summed E-state index contributed by atoms with van der Waals surface area (Å²) in [7, 11) is 0. The number of para-hydroxylation sites is 1. The second-order valence-corrected chi connectivity index (χ2v) is 9.26. The van der Waals surface area contributed by atoms with Crippen molar-refractivity contribution in [2.75, 3.05) is 18.1 Å². The summed E-state index contributed by atoms with van der Waals surface area (Å²) in [5.41, 5.74) is 14.5. The monoisotopic (exact) mass is 595 g/mol.